The molecule has 0 fully saturated rings. The number of rotatable bonds is 6. The Kier molecular flexibility index (Phi) is 6.10. The summed E-state index contributed by atoms with van der Waals surface area (Å²) >= 11 is 11.6. The summed E-state index contributed by atoms with van der Waals surface area (Å²) in [7, 11) is 0. The number of hydrogen-bond acceptors (Lipinski definition) is 4. The lowest BCUT2D eigenvalue weighted by molar-refractivity contribution is -0.309. The smallest absolute Gasteiger partial charge is 0.258 e. The Bertz CT molecular complexity index is 505. The number of carboxylic acids is 1. The predicted molar refractivity (Wildman–Crippen MR) is 73.7 cm³/mol. The molecule has 0 bridgehead atoms. The number of benzene rings is 1. The van der Waals surface area contributed by atoms with Crippen molar-refractivity contribution >= 4 is 35.1 Å². The molecule has 0 saturated heterocycles. The van der Waals surface area contributed by atoms with E-state index in [0.29, 0.717) is 10.0 Å². The van der Waals surface area contributed by atoms with E-state index in [1.54, 1.807) is 19.9 Å². The van der Waals surface area contributed by atoms with E-state index >= 15 is 0 Å². The molecule has 0 spiro atoms. The molecule has 1 N–H and O–H groups in total. The lowest BCUT2D eigenvalue weighted by Crippen LogP contribution is -2.51. The molecule has 7 heteroatoms. The first-order valence-electron chi connectivity index (χ1n) is 5.89. The van der Waals surface area contributed by atoms with E-state index in [9.17, 15) is 14.7 Å². The Balaban J connectivity index is 2.59. The monoisotopic (exact) mass is 318 g/mol. The number of halogens is 2. The first-order valence-corrected chi connectivity index (χ1v) is 6.65. The molecule has 5 nitrogen and oxygen atoms in total. The number of amides is 1. The van der Waals surface area contributed by atoms with Gasteiger partial charge in [0, 0.05) is 11.1 Å². The van der Waals surface area contributed by atoms with E-state index in [2.05, 4.69) is 5.32 Å². The van der Waals surface area contributed by atoms with Crippen LogP contribution in [-0.2, 0) is 9.59 Å². The Morgan fingerprint density at radius 2 is 2.00 bits per heavy atom. The SMILES string of the molecule is CC(C)[C@@H](NC(=O)COc1cc(Cl)ccc1Cl)C(=O)[O-]. The van der Waals surface area contributed by atoms with Crippen LogP contribution in [-0.4, -0.2) is 24.5 Å². The Morgan fingerprint density at radius 3 is 2.55 bits per heavy atom. The second-order valence-electron chi connectivity index (χ2n) is 4.47. The van der Waals surface area contributed by atoms with Gasteiger partial charge in [0.25, 0.3) is 5.91 Å². The van der Waals surface area contributed by atoms with Crippen LogP contribution in [0, 0.1) is 5.92 Å². The minimum Gasteiger partial charge on any atom is -0.548 e. The van der Waals surface area contributed by atoms with Crippen LogP contribution in [0.5, 0.6) is 5.75 Å². The summed E-state index contributed by atoms with van der Waals surface area (Å²) in [5.74, 6) is -1.96. The van der Waals surface area contributed by atoms with Crippen LogP contribution in [0.2, 0.25) is 10.0 Å². The van der Waals surface area contributed by atoms with Gasteiger partial charge in [-0.2, -0.15) is 0 Å². The zero-order chi connectivity index (χ0) is 15.3. The lowest BCUT2D eigenvalue weighted by Gasteiger charge is -2.23. The highest BCUT2D eigenvalue weighted by Crippen LogP contribution is 2.27. The van der Waals surface area contributed by atoms with Gasteiger partial charge in [0.2, 0.25) is 0 Å². The van der Waals surface area contributed by atoms with Crippen molar-refractivity contribution in [2.45, 2.75) is 19.9 Å². The van der Waals surface area contributed by atoms with Crippen LogP contribution in [0.25, 0.3) is 0 Å². The normalized spacial score (nSPS) is 12.1. The van der Waals surface area contributed by atoms with Crippen LogP contribution in [0.4, 0.5) is 0 Å². The molecular weight excluding hydrogens is 305 g/mol. The number of carboxylic acid groups (broad SMARTS) is 1. The van der Waals surface area contributed by atoms with Crippen molar-refractivity contribution in [1.82, 2.24) is 5.32 Å². The maximum atomic E-state index is 11.6. The number of hydrogen-bond donors (Lipinski definition) is 1. The molecule has 0 aliphatic heterocycles. The van der Waals surface area contributed by atoms with Crippen LogP contribution >= 0.6 is 23.2 Å². The summed E-state index contributed by atoms with van der Waals surface area (Å²) in [5, 5.41) is 13.9. The molecule has 0 aliphatic rings. The van der Waals surface area contributed by atoms with Crippen LogP contribution < -0.4 is 15.2 Å². The van der Waals surface area contributed by atoms with E-state index in [0.717, 1.165) is 0 Å². The first-order chi connectivity index (χ1) is 9.31. The number of aliphatic carboxylic acids is 1. The second kappa shape index (κ2) is 7.36. The Labute approximate surface area is 126 Å². The van der Waals surface area contributed by atoms with Gasteiger partial charge >= 0.3 is 0 Å². The molecule has 1 amide bonds. The molecule has 0 saturated carbocycles. The molecule has 1 atom stereocenters. The summed E-state index contributed by atoms with van der Waals surface area (Å²) < 4.78 is 5.20. The van der Waals surface area contributed by atoms with Gasteiger partial charge in [-0.25, -0.2) is 0 Å². The first kappa shape index (κ1) is 16.6. The minimum atomic E-state index is -1.34. The fourth-order valence-corrected chi connectivity index (χ4v) is 1.78. The van der Waals surface area contributed by atoms with Crippen LogP contribution in [0.1, 0.15) is 13.8 Å². The summed E-state index contributed by atoms with van der Waals surface area (Å²) in [5.41, 5.74) is 0. The van der Waals surface area contributed by atoms with E-state index in [4.69, 9.17) is 27.9 Å². The third-order valence-electron chi connectivity index (χ3n) is 2.49. The minimum absolute atomic E-state index is 0.254. The van der Waals surface area contributed by atoms with E-state index in [-0.39, 0.29) is 18.3 Å². The molecule has 0 aliphatic carbocycles. The number of ether oxygens (including phenoxy) is 1. The van der Waals surface area contributed by atoms with Crippen molar-refractivity contribution in [3.8, 4) is 5.75 Å². The molecule has 0 unspecified atom stereocenters. The van der Waals surface area contributed by atoms with Crippen molar-refractivity contribution in [2.24, 2.45) is 5.92 Å². The molecule has 0 heterocycles. The van der Waals surface area contributed by atoms with Gasteiger partial charge in [0.05, 0.1) is 17.0 Å². The Morgan fingerprint density at radius 1 is 1.35 bits per heavy atom. The molecule has 1 aromatic carbocycles. The molecule has 1 rings (SSSR count). The highest BCUT2D eigenvalue weighted by molar-refractivity contribution is 6.34. The van der Waals surface area contributed by atoms with Gasteiger partial charge in [-0.3, -0.25) is 4.79 Å². The van der Waals surface area contributed by atoms with Crippen molar-refractivity contribution < 1.29 is 19.4 Å². The zero-order valence-electron chi connectivity index (χ0n) is 11.0. The number of nitrogens with one attached hydrogen (secondary N) is 1. The Hall–Kier alpha value is -1.46. The molecule has 1 aromatic rings. The summed E-state index contributed by atoms with van der Waals surface area (Å²) in [6.07, 6.45) is 0. The maximum absolute atomic E-state index is 11.6. The van der Waals surface area contributed by atoms with Gasteiger partial charge in [-0.15, -0.1) is 0 Å². The number of carbonyl (C=O) groups is 2. The van der Waals surface area contributed by atoms with E-state index in [1.807, 2.05) is 0 Å². The topological polar surface area (TPSA) is 78.5 Å². The largest absolute Gasteiger partial charge is 0.548 e. The van der Waals surface area contributed by atoms with Gasteiger partial charge in [-0.1, -0.05) is 37.0 Å². The van der Waals surface area contributed by atoms with Crippen molar-refractivity contribution in [2.75, 3.05) is 6.61 Å². The number of carbonyl (C=O) groups excluding carboxylic acids is 2. The fraction of sp³-hybridized carbons (Fsp3) is 0.385. The summed E-state index contributed by atoms with van der Waals surface area (Å²) in [6.45, 7) is 2.96. The van der Waals surface area contributed by atoms with Crippen molar-refractivity contribution in [3.05, 3.63) is 28.2 Å². The highest BCUT2D eigenvalue weighted by Gasteiger charge is 2.17. The molecular formula is C13H14Cl2NO4-. The van der Waals surface area contributed by atoms with Gasteiger partial charge < -0.3 is 20.0 Å². The van der Waals surface area contributed by atoms with Crippen LogP contribution in [0.3, 0.4) is 0 Å². The predicted octanol–water partition coefficient (Wildman–Crippen LogP) is 1.26. The quantitative estimate of drug-likeness (QED) is 0.856. The molecule has 20 heavy (non-hydrogen) atoms. The molecule has 0 aromatic heterocycles. The van der Waals surface area contributed by atoms with Gasteiger partial charge in [-0.05, 0) is 18.1 Å². The zero-order valence-corrected chi connectivity index (χ0v) is 12.5. The molecule has 0 radical (unpaired) electrons. The fourth-order valence-electron chi connectivity index (χ4n) is 1.44. The average Bonchev–Trinajstić information content (AvgIpc) is 2.36. The van der Waals surface area contributed by atoms with Gasteiger partial charge in [0.15, 0.2) is 6.61 Å². The maximum Gasteiger partial charge on any atom is 0.258 e. The summed E-state index contributed by atoms with van der Waals surface area (Å²) in [4.78, 5) is 22.5. The molecule has 110 valence electrons. The van der Waals surface area contributed by atoms with E-state index in [1.165, 1.54) is 12.1 Å². The second-order valence-corrected chi connectivity index (χ2v) is 5.32. The van der Waals surface area contributed by atoms with Crippen LogP contribution in [0.15, 0.2) is 18.2 Å². The third kappa shape index (κ3) is 4.90. The van der Waals surface area contributed by atoms with Gasteiger partial charge in [0.1, 0.15) is 5.75 Å². The highest BCUT2D eigenvalue weighted by atomic mass is 35.5. The van der Waals surface area contributed by atoms with Crippen molar-refractivity contribution in [3.63, 3.8) is 0 Å². The van der Waals surface area contributed by atoms with Crippen molar-refractivity contribution in [1.29, 1.82) is 0 Å². The van der Waals surface area contributed by atoms with E-state index < -0.39 is 17.9 Å². The average molecular weight is 319 g/mol. The summed E-state index contributed by atoms with van der Waals surface area (Å²) in [6, 6.07) is 3.52. The third-order valence-corrected chi connectivity index (χ3v) is 3.04. The standard InChI is InChI=1S/C13H15Cl2NO4/c1-7(2)12(13(18)19)16-11(17)6-20-10-5-8(14)3-4-9(10)15/h3-5,7,12H,6H2,1-2H3,(H,16,17)(H,18,19)/p-1/t12-/m1/s1. The lowest BCUT2D eigenvalue weighted by atomic mass is 10.1.